The standard InChI is InChI=1S/C11H20N2O4/c1-7(12-10(17)11(2,3)4)9(16)13(5)6-8(14)15/h7H,6H2,1-5H3,(H,12,17)(H,14,15). The van der Waals surface area contributed by atoms with Crippen LogP contribution in [0.15, 0.2) is 0 Å². The average Bonchev–Trinajstić information content (AvgIpc) is 2.13. The number of hydrogen-bond acceptors (Lipinski definition) is 3. The molecule has 6 nitrogen and oxygen atoms in total. The van der Waals surface area contributed by atoms with Crippen LogP contribution in [0.4, 0.5) is 0 Å². The predicted octanol–water partition coefficient (Wildman–Crippen LogP) is 0.0802. The summed E-state index contributed by atoms with van der Waals surface area (Å²) in [7, 11) is 1.39. The van der Waals surface area contributed by atoms with Gasteiger partial charge in [-0.05, 0) is 6.92 Å². The SMILES string of the molecule is CC(NC(=O)C(C)(C)C)C(=O)N(C)CC(=O)O. The minimum atomic E-state index is -1.09. The van der Waals surface area contributed by atoms with Gasteiger partial charge in [0.05, 0.1) is 0 Å². The Balaban J connectivity index is 4.42. The number of rotatable bonds is 4. The summed E-state index contributed by atoms with van der Waals surface area (Å²) in [6, 6.07) is -0.730. The highest BCUT2D eigenvalue weighted by Gasteiger charge is 2.26. The van der Waals surface area contributed by atoms with Crippen LogP contribution < -0.4 is 5.32 Å². The third kappa shape index (κ3) is 5.33. The zero-order chi connectivity index (χ0) is 13.8. The first-order chi connectivity index (χ1) is 7.55. The number of carbonyl (C=O) groups excluding carboxylic acids is 2. The molecular formula is C11H20N2O4. The van der Waals surface area contributed by atoms with Gasteiger partial charge in [0, 0.05) is 12.5 Å². The van der Waals surface area contributed by atoms with E-state index in [0.29, 0.717) is 0 Å². The van der Waals surface area contributed by atoms with Crippen LogP contribution in [0.3, 0.4) is 0 Å². The first-order valence-corrected chi connectivity index (χ1v) is 5.33. The van der Waals surface area contributed by atoms with E-state index in [2.05, 4.69) is 5.32 Å². The maximum absolute atomic E-state index is 11.7. The Morgan fingerprint density at radius 2 is 1.76 bits per heavy atom. The number of hydrogen-bond donors (Lipinski definition) is 2. The summed E-state index contributed by atoms with van der Waals surface area (Å²) in [5, 5.41) is 11.1. The Hall–Kier alpha value is -1.59. The monoisotopic (exact) mass is 244 g/mol. The zero-order valence-electron chi connectivity index (χ0n) is 10.9. The van der Waals surface area contributed by atoms with E-state index in [4.69, 9.17) is 5.11 Å². The third-order valence-electron chi connectivity index (χ3n) is 2.15. The molecule has 6 heteroatoms. The number of likely N-dealkylation sites (N-methyl/N-ethyl adjacent to an activating group) is 1. The topological polar surface area (TPSA) is 86.7 Å². The Labute approximate surface area is 101 Å². The Morgan fingerprint density at radius 1 is 1.29 bits per heavy atom. The number of carboxylic acids is 1. The minimum absolute atomic E-state index is 0.248. The summed E-state index contributed by atoms with van der Waals surface area (Å²) in [4.78, 5) is 34.8. The molecule has 0 aliphatic rings. The quantitative estimate of drug-likeness (QED) is 0.733. The molecule has 0 heterocycles. The second-order valence-electron chi connectivity index (χ2n) is 5.03. The lowest BCUT2D eigenvalue weighted by atomic mass is 9.95. The van der Waals surface area contributed by atoms with Crippen LogP contribution in [0.2, 0.25) is 0 Å². The fourth-order valence-electron chi connectivity index (χ4n) is 1.09. The van der Waals surface area contributed by atoms with Crippen LogP contribution >= 0.6 is 0 Å². The van der Waals surface area contributed by atoms with Crippen molar-refractivity contribution in [2.45, 2.75) is 33.7 Å². The lowest BCUT2D eigenvalue weighted by Crippen LogP contribution is -2.49. The summed E-state index contributed by atoms with van der Waals surface area (Å²) in [6.45, 7) is 6.36. The highest BCUT2D eigenvalue weighted by atomic mass is 16.4. The van der Waals surface area contributed by atoms with Crippen LogP contribution in [0.1, 0.15) is 27.7 Å². The van der Waals surface area contributed by atoms with Crippen molar-refractivity contribution < 1.29 is 19.5 Å². The molecule has 0 aromatic carbocycles. The summed E-state index contributed by atoms with van der Waals surface area (Å²) in [5.41, 5.74) is -0.583. The molecule has 1 unspecified atom stereocenters. The first-order valence-electron chi connectivity index (χ1n) is 5.33. The van der Waals surface area contributed by atoms with Crippen molar-refractivity contribution in [1.29, 1.82) is 0 Å². The van der Waals surface area contributed by atoms with Crippen LogP contribution in [0.25, 0.3) is 0 Å². The Kier molecular flexibility index (Phi) is 5.12. The molecule has 0 rings (SSSR count). The van der Waals surface area contributed by atoms with Gasteiger partial charge in [0.1, 0.15) is 12.6 Å². The molecule has 0 spiro atoms. The molecule has 0 fully saturated rings. The van der Waals surface area contributed by atoms with Gasteiger partial charge in [0.15, 0.2) is 0 Å². The first kappa shape index (κ1) is 15.4. The number of aliphatic carboxylic acids is 1. The lowest BCUT2D eigenvalue weighted by Gasteiger charge is -2.24. The van der Waals surface area contributed by atoms with E-state index in [9.17, 15) is 14.4 Å². The molecule has 1 atom stereocenters. The van der Waals surface area contributed by atoms with E-state index in [-0.39, 0.29) is 12.5 Å². The van der Waals surface area contributed by atoms with Crippen molar-refractivity contribution in [3.05, 3.63) is 0 Å². The van der Waals surface area contributed by atoms with Crippen molar-refractivity contribution in [2.75, 3.05) is 13.6 Å². The van der Waals surface area contributed by atoms with Crippen molar-refractivity contribution in [3.63, 3.8) is 0 Å². The van der Waals surface area contributed by atoms with Crippen molar-refractivity contribution in [3.8, 4) is 0 Å². The number of nitrogens with zero attached hydrogens (tertiary/aromatic N) is 1. The van der Waals surface area contributed by atoms with E-state index in [1.54, 1.807) is 20.8 Å². The van der Waals surface area contributed by atoms with Gasteiger partial charge in [-0.1, -0.05) is 20.8 Å². The predicted molar refractivity (Wildman–Crippen MR) is 62.3 cm³/mol. The van der Waals surface area contributed by atoms with Gasteiger partial charge in [-0.15, -0.1) is 0 Å². The van der Waals surface area contributed by atoms with Crippen molar-refractivity contribution >= 4 is 17.8 Å². The van der Waals surface area contributed by atoms with Crippen LogP contribution in [-0.4, -0.2) is 47.4 Å². The zero-order valence-corrected chi connectivity index (χ0v) is 10.9. The normalized spacial score (nSPS) is 12.8. The smallest absolute Gasteiger partial charge is 0.323 e. The highest BCUT2D eigenvalue weighted by molar-refractivity contribution is 5.90. The van der Waals surface area contributed by atoms with Gasteiger partial charge >= 0.3 is 5.97 Å². The van der Waals surface area contributed by atoms with Crippen molar-refractivity contribution in [1.82, 2.24) is 10.2 Å². The molecule has 0 saturated heterocycles. The molecule has 0 saturated carbocycles. The van der Waals surface area contributed by atoms with Gasteiger partial charge in [0.25, 0.3) is 0 Å². The van der Waals surface area contributed by atoms with E-state index in [1.807, 2.05) is 0 Å². The number of nitrogens with one attached hydrogen (secondary N) is 1. The van der Waals surface area contributed by atoms with Gasteiger partial charge in [-0.25, -0.2) is 0 Å². The second-order valence-corrected chi connectivity index (χ2v) is 5.03. The molecule has 0 aliphatic heterocycles. The molecular weight excluding hydrogens is 224 g/mol. The van der Waals surface area contributed by atoms with Crippen LogP contribution in [0.5, 0.6) is 0 Å². The number of carboxylic acid groups (broad SMARTS) is 1. The minimum Gasteiger partial charge on any atom is -0.480 e. The molecule has 0 aromatic heterocycles. The average molecular weight is 244 g/mol. The molecule has 17 heavy (non-hydrogen) atoms. The van der Waals surface area contributed by atoms with Crippen LogP contribution in [0, 0.1) is 5.41 Å². The fourth-order valence-corrected chi connectivity index (χ4v) is 1.09. The lowest BCUT2D eigenvalue weighted by molar-refractivity contribution is -0.144. The van der Waals surface area contributed by atoms with E-state index >= 15 is 0 Å². The van der Waals surface area contributed by atoms with E-state index in [1.165, 1.54) is 14.0 Å². The van der Waals surface area contributed by atoms with Gasteiger partial charge in [-0.2, -0.15) is 0 Å². The largest absolute Gasteiger partial charge is 0.480 e. The third-order valence-corrected chi connectivity index (χ3v) is 2.15. The molecule has 2 amide bonds. The molecule has 0 bridgehead atoms. The molecule has 98 valence electrons. The summed E-state index contributed by atoms with van der Waals surface area (Å²) < 4.78 is 0. The Bertz CT molecular complexity index is 320. The van der Waals surface area contributed by atoms with Gasteiger partial charge in [-0.3, -0.25) is 14.4 Å². The molecule has 0 aromatic rings. The van der Waals surface area contributed by atoms with E-state index < -0.39 is 23.3 Å². The highest BCUT2D eigenvalue weighted by Crippen LogP contribution is 2.12. The molecule has 2 N–H and O–H groups in total. The maximum atomic E-state index is 11.7. The summed E-state index contributed by atoms with van der Waals surface area (Å²) in [6.07, 6.45) is 0. The number of carbonyl (C=O) groups is 3. The van der Waals surface area contributed by atoms with Crippen LogP contribution in [-0.2, 0) is 14.4 Å². The van der Waals surface area contributed by atoms with Gasteiger partial charge < -0.3 is 15.3 Å². The fraction of sp³-hybridized carbons (Fsp3) is 0.727. The molecule has 0 aliphatic carbocycles. The van der Waals surface area contributed by atoms with Gasteiger partial charge in [0.2, 0.25) is 11.8 Å². The second kappa shape index (κ2) is 5.65. The molecule has 0 radical (unpaired) electrons. The number of amides is 2. The van der Waals surface area contributed by atoms with Crippen molar-refractivity contribution in [2.24, 2.45) is 5.41 Å². The Morgan fingerprint density at radius 3 is 2.12 bits per heavy atom. The van der Waals surface area contributed by atoms with E-state index in [0.717, 1.165) is 4.90 Å². The maximum Gasteiger partial charge on any atom is 0.323 e. The summed E-state index contributed by atoms with van der Waals surface area (Å²) >= 11 is 0. The summed E-state index contributed by atoms with van der Waals surface area (Å²) in [5.74, 6) is -1.76.